The maximum absolute atomic E-state index is 13.9. The maximum Gasteiger partial charge on any atom is 0.214 e. The molecule has 1 aliphatic heterocycles. The molecular weight excluding hydrogens is 508 g/mol. The van der Waals surface area contributed by atoms with E-state index in [-0.39, 0.29) is 42.3 Å². The lowest BCUT2D eigenvalue weighted by Crippen LogP contribution is -2.50. The largest absolute Gasteiger partial charge is 0.357 e. The fourth-order valence-electron chi connectivity index (χ4n) is 3.11. The predicted octanol–water partition coefficient (Wildman–Crippen LogP) is 2.57. The molecule has 2 N–H and O–H groups in total. The van der Waals surface area contributed by atoms with Gasteiger partial charge in [0.15, 0.2) is 5.96 Å². The van der Waals surface area contributed by atoms with Gasteiger partial charge in [-0.2, -0.15) is 5.26 Å². The molecule has 0 saturated carbocycles. The molecule has 1 aromatic rings. The lowest BCUT2D eigenvalue weighted by Gasteiger charge is -2.32. The van der Waals surface area contributed by atoms with Gasteiger partial charge in [-0.05, 0) is 44.4 Å². The van der Waals surface area contributed by atoms with Gasteiger partial charge in [-0.3, -0.25) is 0 Å². The second-order valence-corrected chi connectivity index (χ2v) is 8.84. The number of benzene rings is 1. The Labute approximate surface area is 189 Å². The van der Waals surface area contributed by atoms with Gasteiger partial charge in [0.1, 0.15) is 5.82 Å². The standard InChI is InChI=1S/C19H28FN5O2S.HI/c1-3-11-28(26,27)25-9-7-17(8-10-25)24-19(22-4-2)23-14-16-12-15(13-21)5-6-18(16)20;/h5-6,12,17H,3-4,7-11,14H2,1-2H3,(H2,22,23,24);1H. The molecule has 1 heterocycles. The van der Waals surface area contributed by atoms with Crippen molar-refractivity contribution >= 4 is 40.0 Å². The minimum Gasteiger partial charge on any atom is -0.357 e. The van der Waals surface area contributed by atoms with E-state index in [9.17, 15) is 12.8 Å². The van der Waals surface area contributed by atoms with Crippen molar-refractivity contribution in [3.63, 3.8) is 0 Å². The second kappa shape index (κ2) is 12.3. The van der Waals surface area contributed by atoms with Crippen LogP contribution in [0.3, 0.4) is 0 Å². The Morgan fingerprint density at radius 2 is 2.03 bits per heavy atom. The Kier molecular flexibility index (Phi) is 10.8. The molecule has 0 unspecified atom stereocenters. The van der Waals surface area contributed by atoms with E-state index in [1.807, 2.05) is 19.9 Å². The summed E-state index contributed by atoms with van der Waals surface area (Å²) in [4.78, 5) is 4.42. The molecule has 0 bridgehead atoms. The van der Waals surface area contributed by atoms with Crippen LogP contribution in [0.1, 0.15) is 44.2 Å². The molecule has 162 valence electrons. The van der Waals surface area contributed by atoms with Gasteiger partial charge in [-0.25, -0.2) is 22.1 Å². The molecule has 29 heavy (non-hydrogen) atoms. The highest BCUT2D eigenvalue weighted by atomic mass is 127. The third-order valence-electron chi connectivity index (χ3n) is 4.58. The quantitative estimate of drug-likeness (QED) is 0.317. The second-order valence-electron chi connectivity index (χ2n) is 6.75. The van der Waals surface area contributed by atoms with Crippen LogP contribution in [0.25, 0.3) is 0 Å². The van der Waals surface area contributed by atoms with Gasteiger partial charge in [-0.1, -0.05) is 6.92 Å². The van der Waals surface area contributed by atoms with Crippen LogP contribution in [0.15, 0.2) is 23.2 Å². The van der Waals surface area contributed by atoms with Crippen molar-refractivity contribution in [2.45, 2.75) is 45.7 Å². The summed E-state index contributed by atoms with van der Waals surface area (Å²) in [5, 5.41) is 15.4. The highest BCUT2D eigenvalue weighted by Crippen LogP contribution is 2.15. The summed E-state index contributed by atoms with van der Waals surface area (Å²) in [6.45, 7) is 5.53. The summed E-state index contributed by atoms with van der Waals surface area (Å²) in [7, 11) is -3.16. The number of hydrogen-bond acceptors (Lipinski definition) is 4. The molecule has 0 atom stereocenters. The number of guanidine groups is 1. The lowest BCUT2D eigenvalue weighted by molar-refractivity contribution is 0.306. The normalized spacial score (nSPS) is 16.0. The van der Waals surface area contributed by atoms with Crippen LogP contribution in [0, 0.1) is 17.1 Å². The zero-order valence-corrected chi connectivity index (χ0v) is 20.0. The molecule has 0 aromatic heterocycles. The molecule has 1 aliphatic rings. The average Bonchev–Trinajstić information content (AvgIpc) is 2.67. The first-order valence-corrected chi connectivity index (χ1v) is 11.2. The van der Waals surface area contributed by atoms with Crippen LogP contribution in [0.5, 0.6) is 0 Å². The Hall–Kier alpha value is -1.45. The van der Waals surface area contributed by atoms with Crippen molar-refractivity contribution in [2.75, 3.05) is 25.4 Å². The zero-order valence-electron chi connectivity index (χ0n) is 16.8. The van der Waals surface area contributed by atoms with E-state index in [0.29, 0.717) is 56.0 Å². The van der Waals surface area contributed by atoms with Crippen molar-refractivity contribution < 1.29 is 12.8 Å². The van der Waals surface area contributed by atoms with Crippen LogP contribution >= 0.6 is 24.0 Å². The van der Waals surface area contributed by atoms with E-state index in [0.717, 1.165) is 0 Å². The number of nitrogens with zero attached hydrogens (tertiary/aromatic N) is 3. The summed E-state index contributed by atoms with van der Waals surface area (Å²) >= 11 is 0. The fourth-order valence-corrected chi connectivity index (χ4v) is 4.65. The number of piperidine rings is 1. The maximum atomic E-state index is 13.9. The van der Waals surface area contributed by atoms with E-state index >= 15 is 0 Å². The molecule has 0 aliphatic carbocycles. The van der Waals surface area contributed by atoms with Crippen molar-refractivity contribution in [3.05, 3.63) is 35.1 Å². The van der Waals surface area contributed by atoms with Crippen LogP contribution in [0.2, 0.25) is 0 Å². The summed E-state index contributed by atoms with van der Waals surface area (Å²) in [6.07, 6.45) is 1.98. The summed E-state index contributed by atoms with van der Waals surface area (Å²) < 4.78 is 39.8. The Bertz CT molecular complexity index is 833. The molecule has 2 rings (SSSR count). The van der Waals surface area contributed by atoms with Crippen molar-refractivity contribution in [1.29, 1.82) is 5.26 Å². The summed E-state index contributed by atoms with van der Waals surface area (Å²) in [6, 6.07) is 6.31. The van der Waals surface area contributed by atoms with Gasteiger partial charge in [0.25, 0.3) is 0 Å². The number of hydrogen-bond donors (Lipinski definition) is 2. The molecule has 1 aromatic carbocycles. The Balaban J connectivity index is 0.00000420. The van der Waals surface area contributed by atoms with Crippen LogP contribution in [0.4, 0.5) is 4.39 Å². The lowest BCUT2D eigenvalue weighted by atomic mass is 10.1. The van der Waals surface area contributed by atoms with Gasteiger partial charge in [-0.15, -0.1) is 24.0 Å². The fraction of sp³-hybridized carbons (Fsp3) is 0.579. The number of sulfonamides is 1. The first-order chi connectivity index (χ1) is 13.4. The van der Waals surface area contributed by atoms with Crippen molar-refractivity contribution in [3.8, 4) is 6.07 Å². The van der Waals surface area contributed by atoms with E-state index in [1.165, 1.54) is 18.2 Å². The van der Waals surface area contributed by atoms with E-state index in [2.05, 4.69) is 15.6 Å². The first-order valence-electron chi connectivity index (χ1n) is 9.60. The van der Waals surface area contributed by atoms with Gasteiger partial charge < -0.3 is 10.6 Å². The number of nitrogens with one attached hydrogen (secondary N) is 2. The van der Waals surface area contributed by atoms with Gasteiger partial charge in [0.2, 0.25) is 10.0 Å². The summed E-state index contributed by atoms with van der Waals surface area (Å²) in [5.74, 6) is 0.342. The van der Waals surface area contributed by atoms with Crippen LogP contribution in [-0.2, 0) is 16.6 Å². The number of rotatable bonds is 7. The molecule has 7 nitrogen and oxygen atoms in total. The smallest absolute Gasteiger partial charge is 0.214 e. The van der Waals surface area contributed by atoms with Gasteiger partial charge in [0.05, 0.1) is 23.9 Å². The number of nitriles is 1. The van der Waals surface area contributed by atoms with E-state index in [4.69, 9.17) is 5.26 Å². The molecule has 1 fully saturated rings. The highest BCUT2D eigenvalue weighted by molar-refractivity contribution is 14.0. The van der Waals surface area contributed by atoms with Crippen LogP contribution in [-0.4, -0.2) is 50.1 Å². The summed E-state index contributed by atoms with van der Waals surface area (Å²) in [5.41, 5.74) is 0.752. The molecule has 10 heteroatoms. The highest BCUT2D eigenvalue weighted by Gasteiger charge is 2.27. The molecule has 0 amide bonds. The molecular formula is C19H29FIN5O2S. The third kappa shape index (κ3) is 7.71. The predicted molar refractivity (Wildman–Crippen MR) is 123 cm³/mol. The third-order valence-corrected chi connectivity index (χ3v) is 6.65. The van der Waals surface area contributed by atoms with E-state index < -0.39 is 15.8 Å². The number of halogens is 2. The monoisotopic (exact) mass is 537 g/mol. The van der Waals surface area contributed by atoms with Gasteiger partial charge in [0, 0.05) is 31.2 Å². The minimum absolute atomic E-state index is 0. The Morgan fingerprint density at radius 1 is 1.34 bits per heavy atom. The Morgan fingerprint density at radius 3 is 2.62 bits per heavy atom. The topological polar surface area (TPSA) is 97.6 Å². The zero-order chi connectivity index (χ0) is 20.6. The average molecular weight is 537 g/mol. The van der Waals surface area contributed by atoms with Gasteiger partial charge >= 0.3 is 0 Å². The van der Waals surface area contributed by atoms with Crippen molar-refractivity contribution in [1.82, 2.24) is 14.9 Å². The first kappa shape index (κ1) is 25.6. The molecule has 1 saturated heterocycles. The molecule has 0 spiro atoms. The minimum atomic E-state index is -3.16. The number of aliphatic imine (C=N–C) groups is 1. The van der Waals surface area contributed by atoms with Crippen molar-refractivity contribution in [2.24, 2.45) is 4.99 Å². The molecule has 0 radical (unpaired) electrons. The van der Waals surface area contributed by atoms with E-state index in [1.54, 1.807) is 4.31 Å². The SMILES string of the molecule is CCCS(=O)(=O)N1CCC(NC(=NCc2cc(C#N)ccc2F)NCC)CC1.I. The van der Waals surface area contributed by atoms with Crippen LogP contribution < -0.4 is 10.6 Å².